The van der Waals surface area contributed by atoms with E-state index in [9.17, 15) is 4.79 Å². The zero-order valence-corrected chi connectivity index (χ0v) is 11.0. The number of benzene rings is 1. The molecule has 0 bridgehead atoms. The van der Waals surface area contributed by atoms with Gasteiger partial charge in [-0.05, 0) is 19.1 Å². The van der Waals surface area contributed by atoms with Gasteiger partial charge in [-0.25, -0.2) is 0 Å². The number of nitrogens with two attached hydrogens (primary N) is 1. The smallest absolute Gasteiger partial charge is 0.245 e. The van der Waals surface area contributed by atoms with Gasteiger partial charge in [0.1, 0.15) is 6.04 Å². The maximum Gasteiger partial charge on any atom is 0.245 e. The Morgan fingerprint density at radius 1 is 1.61 bits per heavy atom. The number of halogens is 1. The summed E-state index contributed by atoms with van der Waals surface area (Å²) < 4.78 is 0. The minimum atomic E-state index is -0.624. The first-order valence-corrected chi connectivity index (χ1v) is 6.22. The van der Waals surface area contributed by atoms with E-state index < -0.39 is 6.04 Å². The van der Waals surface area contributed by atoms with Gasteiger partial charge in [0, 0.05) is 24.3 Å². The van der Waals surface area contributed by atoms with Crippen LogP contribution in [-0.2, 0) is 4.79 Å². The molecule has 1 unspecified atom stereocenters. The number of carbonyl (C=O) groups is 1. The van der Waals surface area contributed by atoms with Crippen LogP contribution < -0.4 is 16.0 Å². The largest absolute Gasteiger partial charge is 0.367 e. The number of hydrogen-bond donors (Lipinski definition) is 2. The summed E-state index contributed by atoms with van der Waals surface area (Å²) in [6.45, 7) is 7.28. The molecule has 1 aliphatic rings. The lowest BCUT2D eigenvalue weighted by Crippen LogP contribution is -2.22. The quantitative estimate of drug-likeness (QED) is 0.822. The van der Waals surface area contributed by atoms with E-state index in [1.807, 2.05) is 19.1 Å². The van der Waals surface area contributed by atoms with Crippen molar-refractivity contribution in [2.75, 3.05) is 23.3 Å². The van der Waals surface area contributed by atoms with Crippen molar-refractivity contribution in [1.82, 2.24) is 0 Å². The van der Waals surface area contributed by atoms with Gasteiger partial charge in [-0.15, -0.1) is 6.58 Å². The van der Waals surface area contributed by atoms with E-state index in [4.69, 9.17) is 17.3 Å². The molecule has 3 N–H and O–H groups in total. The third-order valence-corrected chi connectivity index (χ3v) is 3.37. The molecule has 0 spiro atoms. The Labute approximate surface area is 111 Å². The van der Waals surface area contributed by atoms with Crippen LogP contribution in [-0.4, -0.2) is 19.0 Å². The molecule has 1 amide bonds. The van der Waals surface area contributed by atoms with Gasteiger partial charge >= 0.3 is 0 Å². The Balaban J connectivity index is 2.43. The monoisotopic (exact) mass is 265 g/mol. The van der Waals surface area contributed by atoms with Crippen LogP contribution in [0.5, 0.6) is 0 Å². The SMILES string of the molecule is C=CCN(CC)c1cc2c(cc1Cl)C(N)C(=O)N2. The number of likely N-dealkylation sites (N-methyl/N-ethyl adjacent to an activating group) is 1. The van der Waals surface area contributed by atoms with Crippen LogP contribution in [0, 0.1) is 0 Å². The first-order valence-electron chi connectivity index (χ1n) is 5.84. The van der Waals surface area contributed by atoms with Gasteiger partial charge < -0.3 is 16.0 Å². The number of amides is 1. The lowest BCUT2D eigenvalue weighted by molar-refractivity contribution is -0.116. The topological polar surface area (TPSA) is 58.4 Å². The first-order chi connectivity index (χ1) is 8.58. The van der Waals surface area contributed by atoms with Crippen molar-refractivity contribution in [2.45, 2.75) is 13.0 Å². The molecule has 0 fully saturated rings. The molecule has 1 aliphatic heterocycles. The minimum Gasteiger partial charge on any atom is -0.367 e. The van der Waals surface area contributed by atoms with Gasteiger partial charge in [0.25, 0.3) is 0 Å². The zero-order chi connectivity index (χ0) is 13.3. The number of anilines is 2. The third-order valence-electron chi connectivity index (χ3n) is 3.07. The van der Waals surface area contributed by atoms with E-state index in [-0.39, 0.29) is 5.91 Å². The van der Waals surface area contributed by atoms with E-state index in [1.165, 1.54) is 0 Å². The average molecular weight is 266 g/mol. The lowest BCUT2D eigenvalue weighted by atomic mass is 10.1. The molecular weight excluding hydrogens is 250 g/mol. The summed E-state index contributed by atoms with van der Waals surface area (Å²) in [4.78, 5) is 13.6. The summed E-state index contributed by atoms with van der Waals surface area (Å²) in [7, 11) is 0. The van der Waals surface area contributed by atoms with Gasteiger partial charge in [-0.2, -0.15) is 0 Å². The van der Waals surface area contributed by atoms with Crippen LogP contribution in [0.3, 0.4) is 0 Å². The Kier molecular flexibility index (Phi) is 3.59. The Morgan fingerprint density at radius 2 is 2.33 bits per heavy atom. The van der Waals surface area contributed by atoms with E-state index in [1.54, 1.807) is 6.07 Å². The Hall–Kier alpha value is -1.52. The lowest BCUT2D eigenvalue weighted by Gasteiger charge is -2.23. The van der Waals surface area contributed by atoms with Crippen LogP contribution in [0.2, 0.25) is 5.02 Å². The van der Waals surface area contributed by atoms with E-state index in [2.05, 4.69) is 16.8 Å². The number of carbonyl (C=O) groups excluding carboxylic acids is 1. The number of hydrogen-bond acceptors (Lipinski definition) is 3. The zero-order valence-electron chi connectivity index (χ0n) is 10.2. The van der Waals surface area contributed by atoms with Crippen molar-refractivity contribution in [2.24, 2.45) is 5.73 Å². The Morgan fingerprint density at radius 3 is 2.94 bits per heavy atom. The van der Waals surface area contributed by atoms with Crippen molar-refractivity contribution in [3.63, 3.8) is 0 Å². The van der Waals surface area contributed by atoms with Crippen molar-refractivity contribution >= 4 is 28.9 Å². The molecule has 96 valence electrons. The fraction of sp³-hybridized carbons (Fsp3) is 0.308. The first kappa shape index (κ1) is 12.9. The normalized spacial score (nSPS) is 17.3. The summed E-state index contributed by atoms with van der Waals surface area (Å²) >= 11 is 6.26. The highest BCUT2D eigenvalue weighted by Crippen LogP contribution is 2.37. The van der Waals surface area contributed by atoms with Crippen LogP contribution in [0.15, 0.2) is 24.8 Å². The van der Waals surface area contributed by atoms with Gasteiger partial charge in [0.05, 0.1) is 10.7 Å². The van der Waals surface area contributed by atoms with E-state index in [0.29, 0.717) is 11.6 Å². The average Bonchev–Trinajstić information content (AvgIpc) is 2.62. The maximum absolute atomic E-state index is 11.5. The summed E-state index contributed by atoms with van der Waals surface area (Å²) in [6, 6.07) is 3.01. The molecule has 0 aromatic heterocycles. The van der Waals surface area contributed by atoms with Gasteiger partial charge in [-0.3, -0.25) is 4.79 Å². The molecule has 1 atom stereocenters. The molecule has 1 aromatic rings. The van der Waals surface area contributed by atoms with Gasteiger partial charge in [0.2, 0.25) is 5.91 Å². The second-order valence-corrected chi connectivity index (χ2v) is 4.59. The summed E-state index contributed by atoms with van der Waals surface area (Å²) in [5, 5.41) is 3.36. The number of nitrogens with zero attached hydrogens (tertiary/aromatic N) is 1. The highest BCUT2D eigenvalue weighted by molar-refractivity contribution is 6.33. The van der Waals surface area contributed by atoms with E-state index >= 15 is 0 Å². The molecule has 5 heteroatoms. The highest BCUT2D eigenvalue weighted by Gasteiger charge is 2.28. The van der Waals surface area contributed by atoms with Crippen molar-refractivity contribution in [3.8, 4) is 0 Å². The summed E-state index contributed by atoms with van der Waals surface area (Å²) in [5.41, 5.74) is 8.16. The predicted octanol–water partition coefficient (Wildman–Crippen LogP) is 2.30. The van der Waals surface area contributed by atoms with Crippen LogP contribution in [0.25, 0.3) is 0 Å². The molecule has 0 aliphatic carbocycles. The van der Waals surface area contributed by atoms with Crippen molar-refractivity contribution in [1.29, 1.82) is 0 Å². The molecule has 1 heterocycles. The fourth-order valence-electron chi connectivity index (χ4n) is 2.09. The molecule has 0 saturated heterocycles. The van der Waals surface area contributed by atoms with Gasteiger partial charge in [0.15, 0.2) is 0 Å². The number of rotatable bonds is 4. The molecule has 1 aromatic carbocycles. The third kappa shape index (κ3) is 2.09. The molecule has 0 saturated carbocycles. The number of fused-ring (bicyclic) bond motifs is 1. The maximum atomic E-state index is 11.5. The van der Waals surface area contributed by atoms with E-state index in [0.717, 1.165) is 23.5 Å². The summed E-state index contributed by atoms with van der Waals surface area (Å²) in [6.07, 6.45) is 1.82. The highest BCUT2D eigenvalue weighted by atomic mass is 35.5. The predicted molar refractivity (Wildman–Crippen MR) is 75.1 cm³/mol. The van der Waals surface area contributed by atoms with Crippen molar-refractivity contribution < 1.29 is 4.79 Å². The standard InChI is InChI=1S/C13H16ClN3O/c1-3-5-17(4-2)11-7-10-8(6-9(11)14)12(15)13(18)16-10/h3,6-7,12H,1,4-5,15H2,2H3,(H,16,18). The minimum absolute atomic E-state index is 0.190. The second-order valence-electron chi connectivity index (χ2n) is 4.19. The molecule has 4 nitrogen and oxygen atoms in total. The Bertz CT molecular complexity index is 501. The molecule has 0 radical (unpaired) electrons. The molecule has 2 rings (SSSR count). The van der Waals surface area contributed by atoms with Gasteiger partial charge in [-0.1, -0.05) is 17.7 Å². The van der Waals surface area contributed by atoms with Crippen LogP contribution in [0.1, 0.15) is 18.5 Å². The molecule has 18 heavy (non-hydrogen) atoms. The molecular formula is C13H16ClN3O. The van der Waals surface area contributed by atoms with Crippen LogP contribution in [0.4, 0.5) is 11.4 Å². The van der Waals surface area contributed by atoms with Crippen molar-refractivity contribution in [3.05, 3.63) is 35.4 Å². The van der Waals surface area contributed by atoms with Crippen LogP contribution >= 0.6 is 11.6 Å². The fourth-order valence-corrected chi connectivity index (χ4v) is 2.38. The second kappa shape index (κ2) is 5.00. The number of nitrogens with one attached hydrogen (secondary N) is 1. The summed E-state index contributed by atoms with van der Waals surface area (Å²) in [5.74, 6) is -0.190.